The van der Waals surface area contributed by atoms with E-state index in [0.29, 0.717) is 17.6 Å². The Morgan fingerprint density at radius 2 is 1.65 bits per heavy atom. The smallest absolute Gasteiger partial charge is 0.254 e. The third-order valence-electron chi connectivity index (χ3n) is 4.81. The molecule has 0 unspecified atom stereocenters. The van der Waals surface area contributed by atoms with Gasteiger partial charge in [-0.1, -0.05) is 0 Å². The first-order chi connectivity index (χ1) is 12.7. The highest BCUT2D eigenvalue weighted by molar-refractivity contribution is 5.94. The molecule has 26 heavy (non-hydrogen) atoms. The summed E-state index contributed by atoms with van der Waals surface area (Å²) in [7, 11) is 1.68. The van der Waals surface area contributed by atoms with Crippen LogP contribution >= 0.6 is 0 Å². The van der Waals surface area contributed by atoms with Gasteiger partial charge in [-0.25, -0.2) is 9.97 Å². The molecule has 1 saturated heterocycles. The number of piperazine rings is 1. The predicted octanol–water partition coefficient (Wildman–Crippen LogP) is 1.70. The molecule has 0 bridgehead atoms. The summed E-state index contributed by atoms with van der Waals surface area (Å²) in [5, 5.41) is 2.95. The van der Waals surface area contributed by atoms with Crippen molar-refractivity contribution in [2.75, 3.05) is 43.1 Å². The van der Waals surface area contributed by atoms with E-state index >= 15 is 0 Å². The van der Waals surface area contributed by atoms with Gasteiger partial charge in [0.1, 0.15) is 5.75 Å². The molecular formula is C19H23N5O2. The van der Waals surface area contributed by atoms with E-state index in [0.717, 1.165) is 44.8 Å². The molecule has 1 aromatic carbocycles. The second-order valence-electron chi connectivity index (χ2n) is 6.69. The van der Waals surface area contributed by atoms with Gasteiger partial charge in [0.25, 0.3) is 5.91 Å². The van der Waals surface area contributed by atoms with Crippen LogP contribution in [0.5, 0.6) is 5.75 Å². The van der Waals surface area contributed by atoms with E-state index in [1.165, 1.54) is 5.69 Å². The highest BCUT2D eigenvalue weighted by Gasteiger charge is 2.24. The molecule has 4 rings (SSSR count). The van der Waals surface area contributed by atoms with Crippen LogP contribution in [0, 0.1) is 0 Å². The molecule has 7 heteroatoms. The fraction of sp³-hybridized carbons (Fsp3) is 0.421. The summed E-state index contributed by atoms with van der Waals surface area (Å²) in [6.45, 7) is 3.50. The molecule has 7 nitrogen and oxygen atoms in total. The van der Waals surface area contributed by atoms with Crippen molar-refractivity contribution in [3.8, 4) is 5.75 Å². The van der Waals surface area contributed by atoms with Crippen LogP contribution in [0.15, 0.2) is 36.7 Å². The van der Waals surface area contributed by atoms with E-state index in [9.17, 15) is 4.79 Å². The van der Waals surface area contributed by atoms with Gasteiger partial charge in [-0.05, 0) is 37.1 Å². The molecule has 2 fully saturated rings. The molecule has 1 aliphatic heterocycles. The number of carbonyl (C=O) groups excluding carboxylic acids is 1. The van der Waals surface area contributed by atoms with E-state index in [2.05, 4.69) is 37.2 Å². The first-order valence-corrected chi connectivity index (χ1v) is 9.00. The molecule has 1 amide bonds. The minimum absolute atomic E-state index is 0.0802. The van der Waals surface area contributed by atoms with Crippen molar-refractivity contribution in [1.82, 2.24) is 15.3 Å². The minimum Gasteiger partial charge on any atom is -0.497 e. The van der Waals surface area contributed by atoms with E-state index in [4.69, 9.17) is 4.74 Å². The lowest BCUT2D eigenvalue weighted by Crippen LogP contribution is -2.47. The van der Waals surface area contributed by atoms with Gasteiger partial charge in [0.15, 0.2) is 0 Å². The Kier molecular flexibility index (Phi) is 4.60. The first kappa shape index (κ1) is 16.6. The number of methoxy groups -OCH3 is 1. The van der Waals surface area contributed by atoms with Crippen molar-refractivity contribution in [1.29, 1.82) is 0 Å². The Bertz CT molecular complexity index is 751. The molecule has 2 aromatic rings. The molecule has 1 saturated carbocycles. The Morgan fingerprint density at radius 1 is 1.04 bits per heavy atom. The molecular weight excluding hydrogens is 330 g/mol. The van der Waals surface area contributed by atoms with Gasteiger partial charge in [0.05, 0.1) is 12.7 Å². The number of aromatic nitrogens is 2. The lowest BCUT2D eigenvalue weighted by molar-refractivity contribution is 0.0950. The van der Waals surface area contributed by atoms with Crippen molar-refractivity contribution < 1.29 is 9.53 Å². The number of benzene rings is 1. The van der Waals surface area contributed by atoms with Crippen LogP contribution in [0.4, 0.5) is 11.6 Å². The van der Waals surface area contributed by atoms with Gasteiger partial charge >= 0.3 is 0 Å². The fourth-order valence-corrected chi connectivity index (χ4v) is 3.06. The monoisotopic (exact) mass is 353 g/mol. The van der Waals surface area contributed by atoms with Crippen LogP contribution < -0.4 is 19.9 Å². The summed E-state index contributed by atoms with van der Waals surface area (Å²) >= 11 is 0. The highest BCUT2D eigenvalue weighted by atomic mass is 16.5. The van der Waals surface area contributed by atoms with Gasteiger partial charge in [0, 0.05) is 50.3 Å². The van der Waals surface area contributed by atoms with Gasteiger partial charge in [0.2, 0.25) is 5.95 Å². The van der Waals surface area contributed by atoms with Gasteiger partial charge in [-0.15, -0.1) is 0 Å². The molecule has 1 aromatic heterocycles. The van der Waals surface area contributed by atoms with Crippen LogP contribution in [0.2, 0.25) is 0 Å². The molecule has 2 aliphatic rings. The standard InChI is InChI=1S/C19H23N5O2/c1-26-17-6-4-16(5-7-17)23-8-10-24(11-9-23)19-20-12-14(13-21-19)18(25)22-15-2-3-15/h4-7,12-13,15H,2-3,8-11H2,1H3,(H,22,25). The van der Waals surface area contributed by atoms with Gasteiger partial charge in [-0.3, -0.25) is 4.79 Å². The van der Waals surface area contributed by atoms with Crippen molar-refractivity contribution in [2.24, 2.45) is 0 Å². The zero-order valence-corrected chi connectivity index (χ0v) is 14.9. The number of amides is 1. The molecule has 0 radical (unpaired) electrons. The number of ether oxygens (including phenoxy) is 1. The quantitative estimate of drug-likeness (QED) is 0.882. The maximum atomic E-state index is 12.0. The molecule has 0 atom stereocenters. The average Bonchev–Trinajstić information content (AvgIpc) is 3.52. The van der Waals surface area contributed by atoms with Gasteiger partial charge < -0.3 is 19.9 Å². The van der Waals surface area contributed by atoms with Crippen LogP contribution in [-0.4, -0.2) is 55.2 Å². The lowest BCUT2D eigenvalue weighted by Gasteiger charge is -2.36. The lowest BCUT2D eigenvalue weighted by atomic mass is 10.2. The molecule has 1 N–H and O–H groups in total. The van der Waals surface area contributed by atoms with Crippen molar-refractivity contribution in [2.45, 2.75) is 18.9 Å². The summed E-state index contributed by atoms with van der Waals surface area (Å²) in [6.07, 6.45) is 5.39. The first-order valence-electron chi connectivity index (χ1n) is 9.00. The largest absolute Gasteiger partial charge is 0.497 e. The van der Waals surface area contributed by atoms with E-state index in [-0.39, 0.29) is 5.91 Å². The van der Waals surface area contributed by atoms with Crippen LogP contribution in [0.1, 0.15) is 23.2 Å². The molecule has 1 aliphatic carbocycles. The highest BCUT2D eigenvalue weighted by Crippen LogP contribution is 2.22. The third kappa shape index (κ3) is 3.71. The number of carbonyl (C=O) groups is 1. The Hall–Kier alpha value is -2.83. The normalized spacial score (nSPS) is 17.1. The van der Waals surface area contributed by atoms with Crippen molar-refractivity contribution >= 4 is 17.5 Å². The number of nitrogens with zero attached hydrogens (tertiary/aromatic N) is 4. The van der Waals surface area contributed by atoms with Crippen LogP contribution in [0.25, 0.3) is 0 Å². The Labute approximate surface area is 153 Å². The Balaban J connectivity index is 1.34. The number of hydrogen-bond donors (Lipinski definition) is 1. The summed E-state index contributed by atoms with van der Waals surface area (Å²) in [5.41, 5.74) is 1.72. The summed E-state index contributed by atoms with van der Waals surface area (Å²) in [6, 6.07) is 8.47. The number of hydrogen-bond acceptors (Lipinski definition) is 6. The summed E-state index contributed by atoms with van der Waals surface area (Å²) in [4.78, 5) is 25.3. The summed E-state index contributed by atoms with van der Waals surface area (Å²) < 4.78 is 5.21. The zero-order valence-electron chi connectivity index (χ0n) is 14.9. The van der Waals surface area contributed by atoms with Crippen LogP contribution in [-0.2, 0) is 0 Å². The molecule has 2 heterocycles. The number of rotatable bonds is 5. The average molecular weight is 353 g/mol. The number of anilines is 2. The van der Waals surface area contributed by atoms with Crippen LogP contribution in [0.3, 0.4) is 0 Å². The van der Waals surface area contributed by atoms with E-state index in [1.807, 2.05) is 12.1 Å². The SMILES string of the molecule is COc1ccc(N2CCN(c3ncc(C(=O)NC4CC4)cn3)CC2)cc1. The maximum absolute atomic E-state index is 12.0. The van der Waals surface area contributed by atoms with E-state index < -0.39 is 0 Å². The number of nitrogens with one attached hydrogen (secondary N) is 1. The van der Waals surface area contributed by atoms with E-state index in [1.54, 1.807) is 19.5 Å². The Morgan fingerprint density at radius 3 is 2.23 bits per heavy atom. The molecule has 136 valence electrons. The second kappa shape index (κ2) is 7.19. The minimum atomic E-state index is -0.0802. The third-order valence-corrected chi connectivity index (χ3v) is 4.81. The topological polar surface area (TPSA) is 70.6 Å². The maximum Gasteiger partial charge on any atom is 0.254 e. The van der Waals surface area contributed by atoms with Crippen molar-refractivity contribution in [3.05, 3.63) is 42.2 Å². The summed E-state index contributed by atoms with van der Waals surface area (Å²) in [5.74, 6) is 1.47. The van der Waals surface area contributed by atoms with Crippen molar-refractivity contribution in [3.63, 3.8) is 0 Å². The second-order valence-corrected chi connectivity index (χ2v) is 6.69. The predicted molar refractivity (Wildman–Crippen MR) is 99.9 cm³/mol. The fourth-order valence-electron chi connectivity index (χ4n) is 3.06. The van der Waals surface area contributed by atoms with Gasteiger partial charge in [-0.2, -0.15) is 0 Å². The molecule has 0 spiro atoms. The zero-order chi connectivity index (χ0) is 17.9.